The number of carbonyl (C=O) groups is 13. The molecule has 0 saturated carbocycles. The van der Waals surface area contributed by atoms with Crippen molar-refractivity contribution in [1.82, 2.24) is 70.8 Å². The molecule has 6 aromatic carbocycles. The van der Waals surface area contributed by atoms with Gasteiger partial charge in [0.05, 0.1) is 75.1 Å². The number of aromatic nitrogens is 4. The number of carbonyl (C=O) groups excluding carboxylic acids is 12. The second-order valence-corrected chi connectivity index (χ2v) is 26.7. The number of H-pyrrole nitrogens is 4. The van der Waals surface area contributed by atoms with E-state index in [0.29, 0.717) is 55.1 Å². The van der Waals surface area contributed by atoms with Crippen molar-refractivity contribution in [3.63, 3.8) is 0 Å². The van der Waals surface area contributed by atoms with Crippen molar-refractivity contribution in [3.8, 4) is 0 Å². The number of hydrogen-bond acceptors (Lipinski definition) is 27. The van der Waals surface area contributed by atoms with Crippen molar-refractivity contribution >= 4 is 127 Å². The standard InChI is InChI=1S/C40H44N8O11.C39H43N8O9.CO2.2Gd.Na/c41-45-40(58)39-37(27-11-5-7-13-29(27)44-39)35(25-8-2-1-3-9-25)36-26-10-4-6-12-28(26)43-38(36)30(50)18-42-31(51)19-46(14-16-47(20-32(52)53)21-33(54)55)15-17-48(22-34(56)57)23-59-24-49;1-45(21-31(50)51)15-16-46(17-18-47(22-32(52)53)23-33(54)55)20-30(49)41-19-29(48)37-35(25-11-5-7-13-27(25)42-37)34(24-9-3-2-4-10-24)36-26-12-6-8-14-28(26)43-38(36)39(56)44-40;2-1-3;;;/h1-13,24,35,43-44H,14-23,41H2,(H,42,51)(H,45,58)(H,52,53)(H,54,55)(H,56,57);2-14,34,42-43H,1,15-23,40H2,(H,41,49)(H,44,56)(H,50,51)(H,52,53)(H,54,55);;;;/q;-1;;2*+3;+1/p-3. The first-order chi connectivity index (χ1) is 56.7. The minimum atomic E-state index is -1.51. The number of carboxylic acids is 6. The molecule has 10 aromatic rings. The average Bonchev–Trinajstić information content (AvgIpc) is 1.59. The van der Waals surface area contributed by atoms with E-state index in [2.05, 4.69) is 48.5 Å². The molecular formula is C80H84Gd2N16NaO22+3. The molecule has 4 heterocycles. The Morgan fingerprint density at radius 3 is 1.02 bits per heavy atom. The van der Waals surface area contributed by atoms with Gasteiger partial charge in [0.1, 0.15) is 18.1 Å². The summed E-state index contributed by atoms with van der Waals surface area (Å²) in [5.74, 6) is -1.54. The number of aliphatic carboxylic acids is 6. The van der Waals surface area contributed by atoms with E-state index >= 15 is 0 Å². The molecule has 4 aromatic heterocycles. The maximum Gasteiger partial charge on any atom is 3.00 e. The van der Waals surface area contributed by atoms with Gasteiger partial charge >= 0.3 is 133 Å². The predicted molar refractivity (Wildman–Crippen MR) is 415 cm³/mol. The Hall–Kier alpha value is -10.3. The van der Waals surface area contributed by atoms with Gasteiger partial charge in [0.25, 0.3) is 18.3 Å². The zero-order valence-electron chi connectivity index (χ0n) is 65.0. The van der Waals surface area contributed by atoms with Gasteiger partial charge in [0, 0.05) is 143 Å². The molecule has 0 saturated heterocycles. The molecule has 0 aliphatic carbocycles. The Morgan fingerprint density at radius 2 is 0.694 bits per heavy atom. The van der Waals surface area contributed by atoms with Crippen LogP contribution >= 0.6 is 0 Å². The second kappa shape index (κ2) is 50.8. The minimum absolute atomic E-state index is 0. The van der Waals surface area contributed by atoms with E-state index in [1.807, 2.05) is 152 Å². The van der Waals surface area contributed by atoms with E-state index < -0.39 is 135 Å². The quantitative estimate of drug-likeness (QED) is 0.00249. The Morgan fingerprint density at radius 1 is 0.413 bits per heavy atom. The molecule has 38 nitrogen and oxygen atoms in total. The number of hydrazine groups is 2. The van der Waals surface area contributed by atoms with Crippen molar-refractivity contribution in [1.29, 1.82) is 0 Å². The molecule has 15 N–H and O–H groups in total. The number of aromatic amines is 4. The summed E-state index contributed by atoms with van der Waals surface area (Å²) in [6.07, 6.45) is 0.250. The largest absolute Gasteiger partial charge is 3.00 e. The topological polar surface area (TPSA) is 578 Å². The SMILES string of the molecule is NNC(=O)c1[nH]c2ccccc2c1C(c1ccccc1)c1c(C(=O)CNC(=O)CN(CCN(COC=O)CC(=O)O)CCN(CC(=O)O)CC(=O)O)[nH]c2ccccc12.O=C=O.[CH2-]N(CCN(CCN(CC(=O)[O-])CC(=O)[O-])CC(=O)NCC(=O)c1[nH]c2ccccc2c1C(c1ccccc1)c1c(C(=O)NN)[nH]c2ccccc12)CC(=O)[O-].[Gd+3].[Gd+3].[Na+]. The Bertz CT molecular complexity index is 5260. The van der Waals surface area contributed by atoms with Gasteiger partial charge in [-0.2, -0.15) is 9.59 Å². The molecule has 4 amide bonds. The molecule has 10 rings (SSSR count). The number of ketones is 2. The van der Waals surface area contributed by atoms with E-state index in [9.17, 15) is 93.0 Å². The summed E-state index contributed by atoms with van der Waals surface area (Å²) in [6.45, 7) is -5.52. The van der Waals surface area contributed by atoms with Crippen LogP contribution in [0.2, 0.25) is 0 Å². The first-order valence-electron chi connectivity index (χ1n) is 36.3. The van der Waals surface area contributed by atoms with Crippen LogP contribution in [-0.4, -0.2) is 273 Å². The van der Waals surface area contributed by atoms with Crippen LogP contribution in [0.25, 0.3) is 43.6 Å². The molecule has 41 heteroatoms. The number of nitrogens with zero attached hydrogens (tertiary/aromatic N) is 6. The molecule has 630 valence electrons. The summed E-state index contributed by atoms with van der Waals surface area (Å²) in [6, 6.07) is 48.0. The van der Waals surface area contributed by atoms with Gasteiger partial charge in [-0.1, -0.05) is 133 Å². The summed E-state index contributed by atoms with van der Waals surface area (Å²) < 4.78 is 4.73. The monoisotopic (exact) mass is 1960 g/mol. The molecule has 0 bridgehead atoms. The number of ether oxygens (including phenoxy) is 1. The number of nitrogens with two attached hydrogens (primary N) is 2. The van der Waals surface area contributed by atoms with Crippen LogP contribution in [0.4, 0.5) is 0 Å². The van der Waals surface area contributed by atoms with Crippen LogP contribution in [0.5, 0.6) is 0 Å². The Labute approximate surface area is 776 Å². The maximum absolute atomic E-state index is 14.3. The fraction of sp³-hybridized carbons (Fsp3) is 0.263. The van der Waals surface area contributed by atoms with Crippen molar-refractivity contribution in [2.45, 2.75) is 11.8 Å². The van der Waals surface area contributed by atoms with Gasteiger partial charge in [-0.3, -0.25) is 90.3 Å². The minimum Gasteiger partial charge on any atom is -0.549 e. The van der Waals surface area contributed by atoms with E-state index in [-0.39, 0.29) is 217 Å². The van der Waals surface area contributed by atoms with Crippen molar-refractivity contribution in [3.05, 3.63) is 221 Å². The molecule has 2 atom stereocenters. The van der Waals surface area contributed by atoms with Crippen LogP contribution in [0, 0.1) is 86.9 Å². The molecule has 121 heavy (non-hydrogen) atoms. The van der Waals surface area contributed by atoms with E-state index in [1.54, 1.807) is 6.07 Å². The number of para-hydroxylation sites is 4. The molecule has 0 spiro atoms. The van der Waals surface area contributed by atoms with Crippen molar-refractivity contribution in [2.24, 2.45) is 11.7 Å². The number of Topliss-reactive ketones (excluding diaryl/α,β-unsaturated/α-hetero) is 2. The summed E-state index contributed by atoms with van der Waals surface area (Å²) in [5, 5.41) is 69.6. The molecule has 0 aliphatic heterocycles. The predicted octanol–water partition coefficient (Wildman–Crippen LogP) is -4.88. The van der Waals surface area contributed by atoms with Gasteiger partial charge in [0.15, 0.2) is 11.6 Å². The normalized spacial score (nSPS) is 11.4. The number of nitrogen functional groups attached to an aromatic ring is 2. The molecular weight excluding hydrogens is 1870 g/mol. The van der Waals surface area contributed by atoms with Crippen LogP contribution < -0.4 is 78.0 Å². The van der Waals surface area contributed by atoms with E-state index in [4.69, 9.17) is 26.0 Å². The summed E-state index contributed by atoms with van der Waals surface area (Å²) >= 11 is 0. The van der Waals surface area contributed by atoms with E-state index in [1.165, 1.54) is 19.6 Å². The van der Waals surface area contributed by atoms with Gasteiger partial charge < -0.3 is 85.2 Å². The van der Waals surface area contributed by atoms with Crippen LogP contribution in [-0.2, 0) is 57.5 Å². The van der Waals surface area contributed by atoms with Crippen LogP contribution in [0.3, 0.4) is 0 Å². The number of hydrogen-bond donors (Lipinski definition) is 13. The molecule has 0 fully saturated rings. The number of amides is 4. The van der Waals surface area contributed by atoms with Crippen LogP contribution in [0.15, 0.2) is 158 Å². The van der Waals surface area contributed by atoms with Crippen LogP contribution in [0.1, 0.15) is 87.2 Å². The van der Waals surface area contributed by atoms with Gasteiger partial charge in [-0.05, 0) is 41.9 Å². The smallest absolute Gasteiger partial charge is 0.549 e. The first-order valence-corrected chi connectivity index (χ1v) is 36.3. The van der Waals surface area contributed by atoms with Gasteiger partial charge in [0.2, 0.25) is 11.8 Å². The molecule has 2 radical (unpaired) electrons. The summed E-state index contributed by atoms with van der Waals surface area (Å²) in [7, 11) is 3.64. The zero-order chi connectivity index (χ0) is 85.5. The third kappa shape index (κ3) is 29.5. The number of fused-ring (bicyclic) bond motifs is 4. The molecule has 2 unspecified atom stereocenters. The zero-order valence-corrected chi connectivity index (χ0v) is 71.6. The second-order valence-electron chi connectivity index (χ2n) is 26.7. The fourth-order valence-electron chi connectivity index (χ4n) is 13.7. The average molecular weight is 1960 g/mol. The number of rotatable bonds is 45. The third-order valence-electron chi connectivity index (χ3n) is 18.7. The maximum atomic E-state index is 14.3. The Kier molecular flexibility index (Phi) is 42.5. The fourth-order valence-corrected chi connectivity index (χ4v) is 13.7. The third-order valence-corrected chi connectivity index (χ3v) is 18.7. The number of benzene rings is 6. The number of carboxylic acid groups (broad SMARTS) is 6. The first kappa shape index (κ1) is 101. The Balaban J connectivity index is 0.000000408. The number of nitrogens with one attached hydrogen (secondary N) is 8. The van der Waals surface area contributed by atoms with E-state index in [0.717, 1.165) is 31.7 Å². The molecule has 0 aliphatic rings. The summed E-state index contributed by atoms with van der Waals surface area (Å²) in [4.78, 5) is 197. The van der Waals surface area contributed by atoms with Crippen molar-refractivity contribution < 1.29 is 217 Å². The summed E-state index contributed by atoms with van der Waals surface area (Å²) in [5.41, 5.74) is 11.6. The van der Waals surface area contributed by atoms with Crippen molar-refractivity contribution in [2.75, 3.05) is 125 Å². The van der Waals surface area contributed by atoms with Gasteiger partial charge in [-0.15, -0.1) is 0 Å². The van der Waals surface area contributed by atoms with Gasteiger partial charge in [-0.25, -0.2) is 11.7 Å².